The molecular formula is C23H19F3N4O4. The van der Waals surface area contributed by atoms with E-state index in [0.717, 1.165) is 0 Å². The molecule has 2 aromatic carbocycles. The molecule has 1 amide bonds. The summed E-state index contributed by atoms with van der Waals surface area (Å²) in [7, 11) is 2.87. The Labute approximate surface area is 190 Å². The van der Waals surface area contributed by atoms with Crippen LogP contribution in [-0.4, -0.2) is 34.7 Å². The van der Waals surface area contributed by atoms with Crippen LogP contribution in [0.5, 0.6) is 11.5 Å². The molecular weight excluding hydrogens is 453 g/mol. The fourth-order valence-electron chi connectivity index (χ4n) is 3.60. The molecule has 4 rings (SSSR count). The second-order valence-electron chi connectivity index (χ2n) is 7.32. The number of halogens is 3. The van der Waals surface area contributed by atoms with Gasteiger partial charge in [0, 0.05) is 23.9 Å². The maximum atomic E-state index is 13.8. The highest BCUT2D eigenvalue weighted by Crippen LogP contribution is 2.38. The van der Waals surface area contributed by atoms with Gasteiger partial charge in [-0.1, -0.05) is 30.3 Å². The molecule has 0 saturated heterocycles. The van der Waals surface area contributed by atoms with Gasteiger partial charge in [-0.3, -0.25) is 14.7 Å². The van der Waals surface area contributed by atoms with E-state index >= 15 is 0 Å². The molecule has 8 nitrogen and oxygen atoms in total. The van der Waals surface area contributed by atoms with Gasteiger partial charge >= 0.3 is 6.18 Å². The van der Waals surface area contributed by atoms with Crippen molar-refractivity contribution in [3.05, 3.63) is 75.8 Å². The number of carbonyl (C=O) groups is 1. The van der Waals surface area contributed by atoms with E-state index in [1.807, 2.05) is 0 Å². The quantitative estimate of drug-likeness (QED) is 0.452. The van der Waals surface area contributed by atoms with E-state index in [-0.39, 0.29) is 28.2 Å². The largest absolute Gasteiger partial charge is 0.497 e. The number of nitrogens with zero attached hydrogens (tertiary/aromatic N) is 2. The Morgan fingerprint density at radius 1 is 1.06 bits per heavy atom. The van der Waals surface area contributed by atoms with Gasteiger partial charge < -0.3 is 14.8 Å². The summed E-state index contributed by atoms with van der Waals surface area (Å²) in [6.45, 7) is 1.39. The number of aryl methyl sites for hydroxylation is 1. The van der Waals surface area contributed by atoms with Crippen molar-refractivity contribution in [3.8, 4) is 22.6 Å². The highest BCUT2D eigenvalue weighted by atomic mass is 19.4. The van der Waals surface area contributed by atoms with Crippen LogP contribution in [0.25, 0.3) is 16.8 Å². The SMILES string of the molecule is COc1cc(NC(=O)c2c(C)nc3c(-c4ccccc4)c(C(F)(F)F)[nH]n3c2=O)cc(OC)c1. The molecule has 0 fully saturated rings. The number of aromatic amines is 1. The van der Waals surface area contributed by atoms with Crippen LogP contribution in [0.15, 0.2) is 53.3 Å². The molecule has 34 heavy (non-hydrogen) atoms. The number of H-pyrrole nitrogens is 1. The van der Waals surface area contributed by atoms with Crippen LogP contribution < -0.4 is 20.3 Å². The fourth-order valence-corrected chi connectivity index (χ4v) is 3.60. The molecule has 0 unspecified atom stereocenters. The number of hydrogen-bond acceptors (Lipinski definition) is 5. The molecule has 2 heterocycles. The van der Waals surface area contributed by atoms with Crippen molar-refractivity contribution < 1.29 is 27.4 Å². The number of alkyl halides is 3. The third kappa shape index (κ3) is 4.07. The average Bonchev–Trinajstić information content (AvgIpc) is 3.19. The van der Waals surface area contributed by atoms with E-state index in [9.17, 15) is 22.8 Å². The first-order valence-corrected chi connectivity index (χ1v) is 9.96. The second-order valence-corrected chi connectivity index (χ2v) is 7.32. The van der Waals surface area contributed by atoms with Gasteiger partial charge in [0.15, 0.2) is 5.65 Å². The summed E-state index contributed by atoms with van der Waals surface area (Å²) in [6.07, 6.45) is -4.79. The number of methoxy groups -OCH3 is 2. The topological polar surface area (TPSA) is 97.7 Å². The molecule has 0 aliphatic heterocycles. The van der Waals surface area contributed by atoms with E-state index in [1.54, 1.807) is 24.3 Å². The van der Waals surface area contributed by atoms with E-state index < -0.39 is 28.9 Å². The van der Waals surface area contributed by atoms with Crippen molar-refractivity contribution in [3.63, 3.8) is 0 Å². The van der Waals surface area contributed by atoms with Crippen LogP contribution in [0.2, 0.25) is 0 Å². The van der Waals surface area contributed by atoms with Crippen LogP contribution in [0.1, 0.15) is 21.7 Å². The second kappa shape index (κ2) is 8.58. The van der Waals surface area contributed by atoms with Gasteiger partial charge in [0.1, 0.15) is 22.8 Å². The van der Waals surface area contributed by atoms with Crippen molar-refractivity contribution in [2.75, 3.05) is 19.5 Å². The lowest BCUT2D eigenvalue weighted by molar-refractivity contribution is -0.140. The van der Waals surface area contributed by atoms with E-state index in [4.69, 9.17) is 9.47 Å². The standard InChI is InChI=1S/C23H19F3N4O4/c1-12-17(21(31)28-14-9-15(33-2)11-16(10-14)34-3)22(32)30-20(27-12)18(13-7-5-4-6-8-13)19(29-30)23(24,25)26/h4-11,29H,1-3H3,(H,28,31). The summed E-state index contributed by atoms with van der Waals surface area (Å²) in [5, 5.41) is 4.64. The van der Waals surface area contributed by atoms with E-state index in [0.29, 0.717) is 16.0 Å². The number of nitrogens with one attached hydrogen (secondary N) is 2. The Kier molecular flexibility index (Phi) is 5.78. The summed E-state index contributed by atoms with van der Waals surface area (Å²) in [6, 6.07) is 12.4. The highest BCUT2D eigenvalue weighted by molar-refractivity contribution is 6.05. The number of amides is 1. The first-order valence-electron chi connectivity index (χ1n) is 9.96. The first kappa shape index (κ1) is 22.9. The molecule has 0 atom stereocenters. The maximum Gasteiger partial charge on any atom is 0.433 e. The molecule has 0 aliphatic rings. The summed E-state index contributed by atoms with van der Waals surface area (Å²) in [5.41, 5.74) is -2.58. The smallest absolute Gasteiger partial charge is 0.433 e. The van der Waals surface area contributed by atoms with Crippen LogP contribution in [0, 0.1) is 6.92 Å². The Morgan fingerprint density at radius 2 is 1.68 bits per heavy atom. The zero-order valence-corrected chi connectivity index (χ0v) is 18.3. The highest BCUT2D eigenvalue weighted by Gasteiger charge is 2.38. The minimum absolute atomic E-state index is 0.0257. The molecule has 2 aromatic heterocycles. The Morgan fingerprint density at radius 3 is 2.24 bits per heavy atom. The number of fused-ring (bicyclic) bond motifs is 1. The summed E-state index contributed by atoms with van der Waals surface area (Å²) >= 11 is 0. The molecule has 0 bridgehead atoms. The third-order valence-electron chi connectivity index (χ3n) is 5.14. The number of aromatic nitrogens is 3. The Hall–Kier alpha value is -4.28. The van der Waals surface area contributed by atoms with Crippen molar-refractivity contribution in [1.82, 2.24) is 14.6 Å². The summed E-state index contributed by atoms with van der Waals surface area (Å²) < 4.78 is 52.4. The van der Waals surface area contributed by atoms with Gasteiger partial charge in [0.05, 0.1) is 25.5 Å². The van der Waals surface area contributed by atoms with Gasteiger partial charge in [-0.25, -0.2) is 4.98 Å². The van der Waals surface area contributed by atoms with Crippen LogP contribution in [0.4, 0.5) is 18.9 Å². The normalized spacial score (nSPS) is 11.5. The van der Waals surface area contributed by atoms with E-state index in [2.05, 4.69) is 15.4 Å². The van der Waals surface area contributed by atoms with Crippen molar-refractivity contribution in [2.24, 2.45) is 0 Å². The molecule has 4 aromatic rings. The van der Waals surface area contributed by atoms with Crippen LogP contribution in [0.3, 0.4) is 0 Å². The number of anilines is 1. The van der Waals surface area contributed by atoms with Crippen LogP contribution in [-0.2, 0) is 6.18 Å². The van der Waals surface area contributed by atoms with Gasteiger partial charge in [-0.15, -0.1) is 0 Å². The van der Waals surface area contributed by atoms with Gasteiger partial charge in [0.25, 0.3) is 11.5 Å². The molecule has 0 spiro atoms. The number of benzene rings is 2. The number of hydrogen-bond donors (Lipinski definition) is 2. The molecule has 176 valence electrons. The minimum atomic E-state index is -4.79. The van der Waals surface area contributed by atoms with Crippen LogP contribution >= 0.6 is 0 Å². The number of rotatable bonds is 5. The van der Waals surface area contributed by atoms with Crippen molar-refractivity contribution in [2.45, 2.75) is 13.1 Å². The molecule has 0 aliphatic carbocycles. The Balaban J connectivity index is 1.86. The molecule has 11 heteroatoms. The zero-order chi connectivity index (χ0) is 24.6. The fraction of sp³-hybridized carbons (Fsp3) is 0.174. The predicted octanol–water partition coefficient (Wildman–Crippen LogP) is 4.29. The first-order chi connectivity index (χ1) is 16.1. The predicted molar refractivity (Wildman–Crippen MR) is 118 cm³/mol. The summed E-state index contributed by atoms with van der Waals surface area (Å²) in [4.78, 5) is 30.3. The lowest BCUT2D eigenvalue weighted by atomic mass is 10.1. The maximum absolute atomic E-state index is 13.8. The number of carbonyl (C=O) groups excluding carboxylic acids is 1. The molecule has 2 N–H and O–H groups in total. The van der Waals surface area contributed by atoms with Crippen molar-refractivity contribution >= 4 is 17.2 Å². The van der Waals surface area contributed by atoms with Gasteiger partial charge in [-0.2, -0.15) is 17.7 Å². The lowest BCUT2D eigenvalue weighted by Gasteiger charge is -2.11. The average molecular weight is 472 g/mol. The summed E-state index contributed by atoms with van der Waals surface area (Å²) in [5.74, 6) is -0.0594. The van der Waals surface area contributed by atoms with Gasteiger partial charge in [0.2, 0.25) is 0 Å². The third-order valence-corrected chi connectivity index (χ3v) is 5.14. The zero-order valence-electron chi connectivity index (χ0n) is 18.3. The Bertz CT molecular complexity index is 1420. The molecule has 0 radical (unpaired) electrons. The lowest BCUT2D eigenvalue weighted by Crippen LogP contribution is -2.29. The monoisotopic (exact) mass is 472 g/mol. The van der Waals surface area contributed by atoms with Crippen molar-refractivity contribution in [1.29, 1.82) is 0 Å². The molecule has 0 saturated carbocycles. The minimum Gasteiger partial charge on any atom is -0.497 e. The van der Waals surface area contributed by atoms with Gasteiger partial charge in [-0.05, 0) is 12.5 Å². The van der Waals surface area contributed by atoms with E-state index in [1.165, 1.54) is 45.4 Å². The number of ether oxygens (including phenoxy) is 2.